The van der Waals surface area contributed by atoms with E-state index >= 15 is 0 Å². The predicted octanol–water partition coefficient (Wildman–Crippen LogP) is 3.39. The molecule has 1 aromatic carbocycles. The van der Waals surface area contributed by atoms with E-state index in [1.165, 1.54) is 12.8 Å². The fourth-order valence-corrected chi connectivity index (χ4v) is 5.73. The number of nitrogens with zero attached hydrogens (tertiary/aromatic N) is 3. The number of ether oxygens (including phenoxy) is 2. The van der Waals surface area contributed by atoms with Crippen molar-refractivity contribution in [3.63, 3.8) is 0 Å². The van der Waals surface area contributed by atoms with Crippen LogP contribution in [0.15, 0.2) is 24.3 Å². The maximum absolute atomic E-state index is 13.5. The minimum atomic E-state index is -0.0946. The van der Waals surface area contributed by atoms with Gasteiger partial charge in [0, 0.05) is 45.4 Å². The molecule has 0 N–H and O–H groups in total. The molecule has 0 radical (unpaired) electrons. The predicted molar refractivity (Wildman–Crippen MR) is 121 cm³/mol. The van der Waals surface area contributed by atoms with Crippen molar-refractivity contribution in [2.24, 2.45) is 5.92 Å². The second-order valence-electron chi connectivity index (χ2n) is 9.77. The zero-order valence-electron chi connectivity index (χ0n) is 19.1. The van der Waals surface area contributed by atoms with Crippen molar-refractivity contribution in [3.05, 3.63) is 29.8 Å². The lowest BCUT2D eigenvalue weighted by Gasteiger charge is -2.46. The van der Waals surface area contributed by atoms with Gasteiger partial charge in [-0.25, -0.2) is 4.79 Å². The first-order valence-electron chi connectivity index (χ1n) is 12.3. The second kappa shape index (κ2) is 8.93. The second-order valence-corrected chi connectivity index (χ2v) is 9.77. The summed E-state index contributed by atoms with van der Waals surface area (Å²) in [6.07, 6.45) is 6.00. The van der Waals surface area contributed by atoms with Crippen LogP contribution in [0.2, 0.25) is 0 Å². The minimum absolute atomic E-state index is 0.0244. The van der Waals surface area contributed by atoms with Crippen LogP contribution in [0.5, 0.6) is 5.75 Å². The molecule has 7 heteroatoms. The molecule has 174 valence electrons. The summed E-state index contributed by atoms with van der Waals surface area (Å²) in [6.45, 7) is 7.01. The van der Waals surface area contributed by atoms with Gasteiger partial charge in [-0.15, -0.1) is 0 Å². The molecule has 0 unspecified atom stereocenters. The van der Waals surface area contributed by atoms with Gasteiger partial charge in [0.15, 0.2) is 0 Å². The van der Waals surface area contributed by atoms with Gasteiger partial charge in [-0.2, -0.15) is 0 Å². The Hall–Kier alpha value is -2.28. The van der Waals surface area contributed by atoms with Crippen LogP contribution >= 0.6 is 0 Å². The van der Waals surface area contributed by atoms with E-state index < -0.39 is 0 Å². The maximum atomic E-state index is 13.5. The van der Waals surface area contributed by atoms with Gasteiger partial charge >= 0.3 is 6.03 Å². The summed E-state index contributed by atoms with van der Waals surface area (Å²) >= 11 is 0. The number of carbonyl (C=O) groups is 2. The van der Waals surface area contributed by atoms with Gasteiger partial charge in [-0.3, -0.25) is 4.79 Å². The maximum Gasteiger partial charge on any atom is 0.320 e. The number of carbonyl (C=O) groups excluding carboxylic acids is 2. The molecule has 3 heterocycles. The fraction of sp³-hybridized carbons (Fsp3) is 0.680. The molecule has 32 heavy (non-hydrogen) atoms. The Kier molecular flexibility index (Phi) is 6.01. The summed E-state index contributed by atoms with van der Waals surface area (Å²) in [7, 11) is 0. The first kappa shape index (κ1) is 21.6. The van der Waals surface area contributed by atoms with E-state index in [-0.39, 0.29) is 23.5 Å². The number of amides is 3. The first-order valence-corrected chi connectivity index (χ1v) is 12.3. The van der Waals surface area contributed by atoms with Crippen molar-refractivity contribution < 1.29 is 19.1 Å². The third-order valence-electron chi connectivity index (χ3n) is 7.61. The first-order chi connectivity index (χ1) is 15.6. The zero-order chi connectivity index (χ0) is 22.1. The smallest absolute Gasteiger partial charge is 0.320 e. The molecule has 0 atom stereocenters. The van der Waals surface area contributed by atoms with Crippen LogP contribution in [-0.2, 0) is 4.74 Å². The molecule has 0 bridgehead atoms. The van der Waals surface area contributed by atoms with Gasteiger partial charge in [0.1, 0.15) is 5.75 Å². The average Bonchev–Trinajstić information content (AvgIpc) is 3.60. The Morgan fingerprint density at radius 3 is 2.53 bits per heavy atom. The summed E-state index contributed by atoms with van der Waals surface area (Å²) in [5, 5.41) is 0. The lowest BCUT2D eigenvalue weighted by molar-refractivity contribution is -0.0153. The van der Waals surface area contributed by atoms with Crippen LogP contribution in [0.4, 0.5) is 4.79 Å². The normalized spacial score (nSPS) is 23.8. The van der Waals surface area contributed by atoms with Gasteiger partial charge in [0.05, 0.1) is 17.7 Å². The highest BCUT2D eigenvalue weighted by Gasteiger charge is 2.53. The average molecular weight is 442 g/mol. The third kappa shape index (κ3) is 4.07. The zero-order valence-corrected chi connectivity index (χ0v) is 19.1. The van der Waals surface area contributed by atoms with E-state index in [0.29, 0.717) is 36.9 Å². The lowest BCUT2D eigenvalue weighted by atomic mass is 9.86. The highest BCUT2D eigenvalue weighted by molar-refractivity contribution is 5.97. The van der Waals surface area contributed by atoms with E-state index in [1.807, 2.05) is 36.1 Å². The largest absolute Gasteiger partial charge is 0.493 e. The summed E-state index contributed by atoms with van der Waals surface area (Å²) in [5.74, 6) is 1.37. The van der Waals surface area contributed by atoms with Crippen molar-refractivity contribution in [2.45, 2.75) is 57.0 Å². The molecule has 3 amide bonds. The van der Waals surface area contributed by atoms with Gasteiger partial charge in [-0.05, 0) is 63.5 Å². The highest BCUT2D eigenvalue weighted by atomic mass is 16.5. The van der Waals surface area contributed by atoms with Gasteiger partial charge in [0.25, 0.3) is 5.91 Å². The van der Waals surface area contributed by atoms with Crippen molar-refractivity contribution in [2.75, 3.05) is 46.0 Å². The summed E-state index contributed by atoms with van der Waals surface area (Å²) in [5.41, 5.74) is 0.532. The monoisotopic (exact) mass is 441 g/mol. The molecule has 7 nitrogen and oxygen atoms in total. The molecule has 1 aromatic rings. The van der Waals surface area contributed by atoms with Crippen molar-refractivity contribution in [3.8, 4) is 5.75 Å². The standard InChI is InChI=1S/C25H35N3O4/c1-2-32-22-6-4-3-5-21(22)23(29)26-13-9-20(10-14-26)28-24(30)27(17-19-7-8-19)18-25(28)11-15-31-16-12-25/h3-6,19-20H,2,7-18H2,1H3. The molecule has 3 aliphatic heterocycles. The number of rotatable bonds is 6. The van der Waals surface area contributed by atoms with E-state index in [4.69, 9.17) is 9.47 Å². The van der Waals surface area contributed by atoms with Crippen molar-refractivity contribution in [1.29, 1.82) is 0 Å². The van der Waals surface area contributed by atoms with E-state index in [2.05, 4.69) is 9.80 Å². The topological polar surface area (TPSA) is 62.3 Å². The number of para-hydroxylation sites is 1. The molecule has 1 spiro atoms. The highest BCUT2D eigenvalue weighted by Crippen LogP contribution is 2.41. The summed E-state index contributed by atoms with van der Waals surface area (Å²) in [6, 6.07) is 7.88. The summed E-state index contributed by atoms with van der Waals surface area (Å²) in [4.78, 5) is 33.0. The number of hydrogen-bond acceptors (Lipinski definition) is 4. The number of likely N-dealkylation sites (tertiary alicyclic amines) is 1. The number of urea groups is 1. The summed E-state index contributed by atoms with van der Waals surface area (Å²) < 4.78 is 11.3. The van der Waals surface area contributed by atoms with Crippen LogP contribution in [0.3, 0.4) is 0 Å². The van der Waals surface area contributed by atoms with Crippen LogP contribution in [-0.4, -0.2) is 84.2 Å². The molecule has 0 aromatic heterocycles. The van der Waals surface area contributed by atoms with E-state index in [9.17, 15) is 9.59 Å². The molecule has 1 aliphatic carbocycles. The minimum Gasteiger partial charge on any atom is -0.493 e. The SMILES string of the molecule is CCOc1ccccc1C(=O)N1CCC(N2C(=O)N(CC3CC3)CC23CCOCC3)CC1. The Bertz CT molecular complexity index is 841. The molecule has 1 saturated carbocycles. The fourth-order valence-electron chi connectivity index (χ4n) is 5.73. The quantitative estimate of drug-likeness (QED) is 0.679. The molecule has 3 saturated heterocycles. The van der Waals surface area contributed by atoms with E-state index in [0.717, 1.165) is 52.0 Å². The Morgan fingerprint density at radius 2 is 1.84 bits per heavy atom. The van der Waals surface area contributed by atoms with E-state index in [1.54, 1.807) is 0 Å². The Balaban J connectivity index is 1.28. The van der Waals surface area contributed by atoms with Gasteiger partial charge in [-0.1, -0.05) is 12.1 Å². The third-order valence-corrected chi connectivity index (χ3v) is 7.61. The van der Waals surface area contributed by atoms with Gasteiger partial charge in [0.2, 0.25) is 0 Å². The number of hydrogen-bond donors (Lipinski definition) is 0. The van der Waals surface area contributed by atoms with Crippen LogP contribution < -0.4 is 4.74 Å². The Labute approximate surface area is 190 Å². The van der Waals surface area contributed by atoms with Crippen LogP contribution in [0.25, 0.3) is 0 Å². The molecule has 4 aliphatic rings. The molecule has 4 fully saturated rings. The van der Waals surface area contributed by atoms with Crippen LogP contribution in [0.1, 0.15) is 55.8 Å². The number of piperidine rings is 1. The van der Waals surface area contributed by atoms with Crippen LogP contribution in [0, 0.1) is 5.92 Å². The molecular weight excluding hydrogens is 406 g/mol. The van der Waals surface area contributed by atoms with Gasteiger partial charge < -0.3 is 24.2 Å². The molecular formula is C25H35N3O4. The van der Waals surface area contributed by atoms with Crippen molar-refractivity contribution in [1.82, 2.24) is 14.7 Å². The lowest BCUT2D eigenvalue weighted by Crippen LogP contribution is -2.57. The Morgan fingerprint density at radius 1 is 1.12 bits per heavy atom. The molecule has 5 rings (SSSR count). The number of benzene rings is 1. The van der Waals surface area contributed by atoms with Crippen molar-refractivity contribution >= 4 is 11.9 Å².